The fraction of sp³-hybridized carbons (Fsp3) is 0.295. The molecule has 0 saturated heterocycles. The summed E-state index contributed by atoms with van der Waals surface area (Å²) in [7, 11) is 1.46. The Hall–Kier alpha value is -6.39. The molecule has 0 spiro atoms. The maximum absolute atomic E-state index is 13.8. The predicted octanol–water partition coefficient (Wildman–Crippen LogP) is 5.47. The molecule has 5 aromatic rings. The maximum atomic E-state index is 13.8. The van der Waals surface area contributed by atoms with Gasteiger partial charge in [0.2, 0.25) is 17.6 Å². The summed E-state index contributed by atoms with van der Waals surface area (Å²) >= 11 is 13.6. The number of carboxylic acid groups (broad SMARTS) is 2. The molecule has 7 N–H and O–H groups in total. The number of aromatic nitrogens is 3. The second-order valence-electron chi connectivity index (χ2n) is 14.5. The lowest BCUT2D eigenvalue weighted by atomic mass is 9.95. The van der Waals surface area contributed by atoms with Crippen LogP contribution in [-0.4, -0.2) is 85.6 Å². The van der Waals surface area contributed by atoms with Crippen LogP contribution in [0.25, 0.3) is 11.1 Å². The number of hydrogen-bond acceptors (Lipinski definition) is 14. The first-order valence-corrected chi connectivity index (χ1v) is 20.4. The van der Waals surface area contributed by atoms with Crippen molar-refractivity contribution < 1.29 is 49.0 Å². The van der Waals surface area contributed by atoms with Gasteiger partial charge in [0, 0.05) is 60.8 Å². The first-order chi connectivity index (χ1) is 30.3. The summed E-state index contributed by atoms with van der Waals surface area (Å²) in [6, 6.07) is 19.5. The van der Waals surface area contributed by atoms with Gasteiger partial charge in [-0.15, -0.1) is 0 Å². The number of nitriles is 1. The highest BCUT2D eigenvalue weighted by atomic mass is 35.5. The number of pyridine rings is 3. The number of aliphatic carboxylic acids is 2. The van der Waals surface area contributed by atoms with E-state index in [0.29, 0.717) is 40.7 Å². The molecule has 3 aromatic heterocycles. The van der Waals surface area contributed by atoms with E-state index in [4.69, 9.17) is 47.6 Å². The molecule has 3 heterocycles. The minimum atomic E-state index is -1.13. The first kappa shape index (κ1) is 46.1. The van der Waals surface area contributed by atoms with Gasteiger partial charge in [-0.1, -0.05) is 53.5 Å². The van der Waals surface area contributed by atoms with Gasteiger partial charge in [-0.3, -0.25) is 19.4 Å². The molecule has 63 heavy (non-hydrogen) atoms. The van der Waals surface area contributed by atoms with Crippen LogP contribution in [0.1, 0.15) is 69.1 Å². The van der Waals surface area contributed by atoms with Crippen LogP contribution >= 0.6 is 23.2 Å². The Bertz CT molecular complexity index is 2520. The summed E-state index contributed by atoms with van der Waals surface area (Å²) in [5.41, 5.74) is 5.59. The SMILES string of the molecule is COc1nc(O[C@H]2CCc3c(-c4cccc(C(=O)Nc5ccc(CNC[C@@H](O)CC(=O)O)c(OCc6cncc(C#N)c6)n5)c4Cl)cccc32)c(Cl)cc1CNC[C@@H](O)CC(=O)O. The Balaban J connectivity index is 1.18. The second-order valence-corrected chi connectivity index (χ2v) is 15.3. The van der Waals surface area contributed by atoms with Crippen LogP contribution in [0.3, 0.4) is 0 Å². The van der Waals surface area contributed by atoms with Crippen LogP contribution in [0, 0.1) is 11.3 Å². The van der Waals surface area contributed by atoms with Gasteiger partial charge in [0.1, 0.15) is 29.6 Å². The molecule has 2 aromatic carbocycles. The van der Waals surface area contributed by atoms with Gasteiger partial charge in [-0.05, 0) is 59.9 Å². The maximum Gasteiger partial charge on any atom is 0.306 e. The Labute approximate surface area is 371 Å². The Kier molecular flexibility index (Phi) is 15.8. The van der Waals surface area contributed by atoms with Crippen LogP contribution in [0.4, 0.5) is 5.82 Å². The van der Waals surface area contributed by atoms with E-state index in [1.54, 1.807) is 42.6 Å². The molecule has 19 heteroatoms. The summed E-state index contributed by atoms with van der Waals surface area (Å²) in [5.74, 6) is -2.07. The summed E-state index contributed by atoms with van der Waals surface area (Å²) < 4.78 is 17.9. The lowest BCUT2D eigenvalue weighted by Gasteiger charge is -2.18. The molecule has 0 radical (unpaired) electrons. The highest BCUT2D eigenvalue weighted by Gasteiger charge is 2.29. The third kappa shape index (κ3) is 12.2. The zero-order valence-corrected chi connectivity index (χ0v) is 35.3. The average molecular weight is 901 g/mol. The third-order valence-corrected chi connectivity index (χ3v) is 10.5. The van der Waals surface area contributed by atoms with Gasteiger partial charge in [-0.25, -0.2) is 0 Å². The molecule has 1 amide bonds. The van der Waals surface area contributed by atoms with E-state index in [0.717, 1.165) is 16.7 Å². The summed E-state index contributed by atoms with van der Waals surface area (Å²) in [6.45, 7) is 0.388. The molecule has 0 unspecified atom stereocenters. The number of benzene rings is 2. The number of ether oxygens (including phenoxy) is 3. The Morgan fingerprint density at radius 2 is 1.57 bits per heavy atom. The van der Waals surface area contributed by atoms with E-state index < -0.39 is 49.0 Å². The van der Waals surface area contributed by atoms with E-state index in [-0.39, 0.29) is 71.9 Å². The molecule has 0 bridgehead atoms. The number of fused-ring (bicyclic) bond motifs is 1. The zero-order chi connectivity index (χ0) is 45.0. The largest absolute Gasteiger partial charge is 0.481 e. The molecule has 17 nitrogen and oxygen atoms in total. The monoisotopic (exact) mass is 899 g/mol. The van der Waals surface area contributed by atoms with Crippen molar-refractivity contribution in [3.63, 3.8) is 0 Å². The van der Waals surface area contributed by atoms with Gasteiger partial charge in [0.15, 0.2) is 0 Å². The fourth-order valence-corrected chi connectivity index (χ4v) is 7.51. The van der Waals surface area contributed by atoms with Crippen molar-refractivity contribution in [3.05, 3.63) is 122 Å². The number of nitrogens with zero attached hydrogens (tertiary/aromatic N) is 4. The second kappa shape index (κ2) is 21.6. The number of carbonyl (C=O) groups is 3. The number of amides is 1. The van der Waals surface area contributed by atoms with Crippen LogP contribution in [-0.2, 0) is 35.7 Å². The third-order valence-electron chi connectivity index (χ3n) is 9.87. The molecule has 0 aliphatic heterocycles. The van der Waals surface area contributed by atoms with E-state index >= 15 is 0 Å². The number of carbonyl (C=O) groups excluding carboxylic acids is 1. The van der Waals surface area contributed by atoms with Gasteiger partial charge in [0.05, 0.1) is 48.3 Å². The lowest BCUT2D eigenvalue weighted by molar-refractivity contribution is -0.140. The van der Waals surface area contributed by atoms with Gasteiger partial charge in [-0.2, -0.15) is 15.2 Å². The van der Waals surface area contributed by atoms with Crippen molar-refractivity contribution in [1.29, 1.82) is 5.26 Å². The van der Waals surface area contributed by atoms with Crippen molar-refractivity contribution >= 4 is 46.9 Å². The average Bonchev–Trinajstić information content (AvgIpc) is 3.66. The van der Waals surface area contributed by atoms with Gasteiger partial charge in [0.25, 0.3) is 5.91 Å². The summed E-state index contributed by atoms with van der Waals surface area (Å²) in [6.07, 6.45) is 0.763. The number of aliphatic hydroxyl groups is 2. The normalized spacial score (nSPS) is 13.9. The van der Waals surface area contributed by atoms with Crippen LogP contribution in [0.5, 0.6) is 17.6 Å². The quantitative estimate of drug-likeness (QED) is 0.0482. The number of halogens is 2. The molecular formula is C44H43Cl2N7O10. The number of rotatable bonds is 21. The topological polar surface area (TPSA) is 258 Å². The molecule has 1 aliphatic rings. The summed E-state index contributed by atoms with van der Waals surface area (Å²) in [5, 5.41) is 56.3. The summed E-state index contributed by atoms with van der Waals surface area (Å²) in [4.78, 5) is 48.8. The molecule has 1 aliphatic carbocycles. The standard InChI is InChI=1S/C44H43Cl2N7O10/c1-61-42-27(20-50-22-29(55)15-39(58)59)13-35(45)44(53-42)63-36-10-9-31-30(4-2-5-32(31)36)33-6-3-7-34(40(33)46)41(60)51-37-11-8-26(19-49-21-28(54)14-38(56)57)43(52-37)62-23-25-12-24(16-47)17-48-18-25/h2-8,11-13,17-18,28-29,36,49-50,54-55H,9-10,14-15,19-23H2,1H3,(H,56,57)(H,58,59)(H,51,52,60)/t28-,29-,36-/m0/s1. The number of aliphatic hydroxyl groups excluding tert-OH is 2. The molecular weight excluding hydrogens is 857 g/mol. The van der Waals surface area contributed by atoms with Crippen molar-refractivity contribution in [2.24, 2.45) is 0 Å². The molecule has 3 atom stereocenters. The number of carboxylic acids is 2. The smallest absolute Gasteiger partial charge is 0.306 e. The Morgan fingerprint density at radius 1 is 0.873 bits per heavy atom. The first-order valence-electron chi connectivity index (χ1n) is 19.6. The molecule has 328 valence electrons. The van der Waals surface area contributed by atoms with Crippen molar-refractivity contribution in [2.45, 2.75) is 63.7 Å². The van der Waals surface area contributed by atoms with Crippen molar-refractivity contribution in [2.75, 3.05) is 25.5 Å². The Morgan fingerprint density at radius 3 is 2.27 bits per heavy atom. The highest BCUT2D eigenvalue weighted by Crippen LogP contribution is 2.43. The van der Waals surface area contributed by atoms with Crippen LogP contribution in [0.15, 0.2) is 73.1 Å². The van der Waals surface area contributed by atoms with Gasteiger partial charge < -0.3 is 50.6 Å². The highest BCUT2D eigenvalue weighted by molar-refractivity contribution is 6.37. The predicted molar refractivity (Wildman–Crippen MR) is 230 cm³/mol. The van der Waals surface area contributed by atoms with Crippen LogP contribution < -0.4 is 30.2 Å². The molecule has 0 saturated carbocycles. The number of hydrogen-bond donors (Lipinski definition) is 7. The minimum Gasteiger partial charge on any atom is -0.481 e. The number of nitrogens with one attached hydrogen (secondary N) is 3. The minimum absolute atomic E-state index is 0.00424. The fourth-order valence-electron chi connectivity index (χ4n) is 6.98. The van der Waals surface area contributed by atoms with E-state index in [1.807, 2.05) is 30.3 Å². The van der Waals surface area contributed by atoms with Gasteiger partial charge >= 0.3 is 11.9 Å². The molecule has 0 fully saturated rings. The number of anilines is 1. The number of methoxy groups -OCH3 is 1. The molecule has 6 rings (SSSR count). The zero-order valence-electron chi connectivity index (χ0n) is 33.8. The lowest BCUT2D eigenvalue weighted by Crippen LogP contribution is -2.28. The van der Waals surface area contributed by atoms with Crippen LogP contribution in [0.2, 0.25) is 10.0 Å². The van der Waals surface area contributed by atoms with E-state index in [9.17, 15) is 29.9 Å². The van der Waals surface area contributed by atoms with Crippen molar-refractivity contribution in [3.8, 4) is 34.8 Å². The van der Waals surface area contributed by atoms with Crippen molar-refractivity contribution in [1.82, 2.24) is 25.6 Å². The van der Waals surface area contributed by atoms with E-state index in [1.165, 1.54) is 13.3 Å². The van der Waals surface area contributed by atoms with E-state index in [2.05, 4.69) is 30.9 Å².